The average molecular weight is 394 g/mol. The average Bonchev–Trinajstić information content (AvgIpc) is 2.64. The van der Waals surface area contributed by atoms with E-state index in [0.29, 0.717) is 23.4 Å². The lowest BCUT2D eigenvalue weighted by Gasteiger charge is -2.36. The zero-order valence-corrected chi connectivity index (χ0v) is 15.7. The number of hydroxylamine groups is 1. The Balaban J connectivity index is 2.02. The molecule has 0 spiro atoms. The molecule has 1 aliphatic heterocycles. The Morgan fingerprint density at radius 2 is 1.62 bits per heavy atom. The molecule has 1 unspecified atom stereocenters. The van der Waals surface area contributed by atoms with Gasteiger partial charge in [-0.05, 0) is 41.7 Å². The van der Waals surface area contributed by atoms with E-state index < -0.39 is 20.5 Å². The molecular formula is C19H20ClNO4S. The summed E-state index contributed by atoms with van der Waals surface area (Å²) >= 11 is 5.91. The van der Waals surface area contributed by atoms with Gasteiger partial charge in [0.15, 0.2) is 9.84 Å². The Morgan fingerprint density at radius 1 is 1.04 bits per heavy atom. The second-order valence-electron chi connectivity index (χ2n) is 6.57. The lowest BCUT2D eigenvalue weighted by Crippen LogP contribution is -2.44. The summed E-state index contributed by atoms with van der Waals surface area (Å²) < 4.78 is 24.4. The molecule has 5 nitrogen and oxygen atoms in total. The molecule has 26 heavy (non-hydrogen) atoms. The molecule has 0 aliphatic carbocycles. The molecule has 1 atom stereocenters. The van der Waals surface area contributed by atoms with Crippen molar-refractivity contribution in [2.45, 2.75) is 30.4 Å². The number of carbonyl (C=O) groups excluding carboxylic acids is 1. The molecular weight excluding hydrogens is 374 g/mol. The Kier molecular flexibility index (Phi) is 5.37. The minimum absolute atomic E-state index is 0.0463. The summed E-state index contributed by atoms with van der Waals surface area (Å²) in [5.41, 5.74) is 4.05. The van der Waals surface area contributed by atoms with E-state index in [-0.39, 0.29) is 12.2 Å². The van der Waals surface area contributed by atoms with Crippen molar-refractivity contribution >= 4 is 27.3 Å². The minimum atomic E-state index is -3.52. The number of sulfone groups is 1. The van der Waals surface area contributed by atoms with Gasteiger partial charge in [0.25, 0.3) is 0 Å². The number of nitrogens with one attached hydrogen (secondary N) is 1. The first kappa shape index (κ1) is 18.9. The Bertz CT molecular complexity index is 894. The number of halogens is 1. The lowest BCUT2D eigenvalue weighted by atomic mass is 9.87. The van der Waals surface area contributed by atoms with Gasteiger partial charge < -0.3 is 0 Å². The highest BCUT2D eigenvalue weighted by Gasteiger charge is 2.48. The van der Waals surface area contributed by atoms with Crippen LogP contribution in [0.5, 0.6) is 0 Å². The summed E-state index contributed by atoms with van der Waals surface area (Å²) in [4.78, 5) is 11.8. The monoisotopic (exact) mass is 393 g/mol. The predicted octanol–water partition coefficient (Wildman–Crippen LogP) is 3.70. The predicted molar refractivity (Wildman–Crippen MR) is 101 cm³/mol. The summed E-state index contributed by atoms with van der Waals surface area (Å²) in [5, 5.41) is 9.55. The van der Waals surface area contributed by atoms with Gasteiger partial charge in [-0.25, -0.2) is 13.9 Å². The molecule has 138 valence electrons. The second-order valence-corrected chi connectivity index (χ2v) is 9.42. The van der Waals surface area contributed by atoms with E-state index in [1.54, 1.807) is 29.7 Å². The molecule has 2 aromatic carbocycles. The van der Waals surface area contributed by atoms with Crippen LogP contribution in [-0.2, 0) is 19.4 Å². The number of hydrogen-bond acceptors (Lipinski definition) is 4. The molecule has 0 bridgehead atoms. The van der Waals surface area contributed by atoms with E-state index in [4.69, 9.17) is 16.8 Å². The highest BCUT2D eigenvalue weighted by Crippen LogP contribution is 2.43. The van der Waals surface area contributed by atoms with Gasteiger partial charge in [0.2, 0.25) is 5.91 Å². The van der Waals surface area contributed by atoms with E-state index in [0.717, 1.165) is 17.5 Å². The fourth-order valence-electron chi connectivity index (χ4n) is 3.59. The van der Waals surface area contributed by atoms with Crippen LogP contribution in [0.25, 0.3) is 11.1 Å². The number of amides is 1. The zero-order chi connectivity index (χ0) is 18.8. The van der Waals surface area contributed by atoms with E-state index >= 15 is 0 Å². The van der Waals surface area contributed by atoms with E-state index in [1.807, 2.05) is 24.3 Å². The first-order chi connectivity index (χ1) is 12.4. The normalized spacial score (nSPS) is 21.9. The Hall–Kier alpha value is -1.89. The summed E-state index contributed by atoms with van der Waals surface area (Å²) in [6.07, 6.45) is 1.39. The van der Waals surface area contributed by atoms with Crippen LogP contribution < -0.4 is 5.48 Å². The summed E-state index contributed by atoms with van der Waals surface area (Å²) in [6.45, 7) is 0. The highest BCUT2D eigenvalue weighted by molar-refractivity contribution is 7.92. The maximum absolute atomic E-state index is 12.9. The number of hydrogen-bond donors (Lipinski definition) is 2. The van der Waals surface area contributed by atoms with Gasteiger partial charge in [-0.2, -0.15) is 0 Å². The van der Waals surface area contributed by atoms with Crippen LogP contribution in [0.1, 0.15) is 31.2 Å². The largest absolute Gasteiger partial charge is 0.289 e. The maximum atomic E-state index is 12.9. The third-order valence-corrected chi connectivity index (χ3v) is 7.85. The highest BCUT2D eigenvalue weighted by atomic mass is 35.5. The van der Waals surface area contributed by atoms with Crippen LogP contribution in [-0.4, -0.2) is 25.3 Å². The molecule has 0 aromatic heterocycles. The zero-order valence-electron chi connectivity index (χ0n) is 14.1. The fraction of sp³-hybridized carbons (Fsp3) is 0.316. The number of rotatable bonds is 4. The van der Waals surface area contributed by atoms with Gasteiger partial charge in [0.1, 0.15) is 4.75 Å². The maximum Gasteiger partial charge on any atom is 0.245 e. The van der Waals surface area contributed by atoms with Gasteiger partial charge >= 0.3 is 0 Å². The third kappa shape index (κ3) is 3.49. The first-order valence-electron chi connectivity index (χ1n) is 8.40. The number of carbonyl (C=O) groups is 1. The van der Waals surface area contributed by atoms with Crippen molar-refractivity contribution in [2.24, 2.45) is 0 Å². The van der Waals surface area contributed by atoms with E-state index in [2.05, 4.69) is 0 Å². The van der Waals surface area contributed by atoms with E-state index in [1.165, 1.54) is 0 Å². The topological polar surface area (TPSA) is 83.5 Å². The molecule has 0 saturated carbocycles. The first-order valence-corrected chi connectivity index (χ1v) is 10.4. The van der Waals surface area contributed by atoms with Gasteiger partial charge in [-0.1, -0.05) is 54.4 Å². The SMILES string of the molecule is O=C(CC1(c2ccc(-c3ccc(Cl)cc3)cc2)CCCCS1(=O)=O)NO. The van der Waals surface area contributed by atoms with E-state index in [9.17, 15) is 13.2 Å². The van der Waals surface area contributed by atoms with Crippen LogP contribution in [0.2, 0.25) is 5.02 Å². The molecule has 1 fully saturated rings. The standard InChI is InChI=1S/C19H20ClNO4S/c20-17-9-5-15(6-10-17)14-3-7-16(8-4-14)19(13-18(22)21-23)11-1-2-12-26(19,24)25/h3-10,23H,1-2,11-13H2,(H,21,22). The molecule has 1 saturated heterocycles. The molecule has 3 rings (SSSR count). The lowest BCUT2D eigenvalue weighted by molar-refractivity contribution is -0.130. The van der Waals surface area contributed by atoms with Crippen LogP contribution >= 0.6 is 11.6 Å². The van der Waals surface area contributed by atoms with Crippen LogP contribution in [0.4, 0.5) is 0 Å². The molecule has 0 radical (unpaired) electrons. The summed E-state index contributed by atoms with van der Waals surface area (Å²) in [7, 11) is -3.52. The van der Waals surface area contributed by atoms with Crippen LogP contribution in [0, 0.1) is 0 Å². The molecule has 2 aromatic rings. The van der Waals surface area contributed by atoms with Gasteiger partial charge in [0, 0.05) is 5.02 Å². The van der Waals surface area contributed by atoms with Crippen molar-refractivity contribution in [1.29, 1.82) is 0 Å². The Labute approximate surface area is 157 Å². The van der Waals surface area contributed by atoms with Crippen molar-refractivity contribution < 1.29 is 18.4 Å². The quantitative estimate of drug-likeness (QED) is 0.612. The van der Waals surface area contributed by atoms with Crippen molar-refractivity contribution in [3.63, 3.8) is 0 Å². The van der Waals surface area contributed by atoms with Gasteiger partial charge in [-0.3, -0.25) is 10.0 Å². The molecule has 1 heterocycles. The molecule has 7 heteroatoms. The van der Waals surface area contributed by atoms with Crippen molar-refractivity contribution in [3.05, 3.63) is 59.1 Å². The van der Waals surface area contributed by atoms with Crippen molar-refractivity contribution in [2.75, 3.05) is 5.75 Å². The number of benzene rings is 2. The Morgan fingerprint density at radius 3 is 2.15 bits per heavy atom. The molecule has 2 N–H and O–H groups in total. The van der Waals surface area contributed by atoms with Crippen LogP contribution in [0.3, 0.4) is 0 Å². The fourth-order valence-corrected chi connectivity index (χ4v) is 5.99. The molecule has 1 amide bonds. The summed E-state index contributed by atoms with van der Waals surface area (Å²) in [6, 6.07) is 14.6. The smallest absolute Gasteiger partial charge is 0.245 e. The molecule has 1 aliphatic rings. The second kappa shape index (κ2) is 7.39. The van der Waals surface area contributed by atoms with Crippen molar-refractivity contribution in [1.82, 2.24) is 5.48 Å². The summed E-state index contributed by atoms with van der Waals surface area (Å²) in [5.74, 6) is -0.651. The van der Waals surface area contributed by atoms with Gasteiger partial charge in [-0.15, -0.1) is 0 Å². The third-order valence-electron chi connectivity index (χ3n) is 5.00. The van der Waals surface area contributed by atoms with Crippen molar-refractivity contribution in [3.8, 4) is 11.1 Å². The van der Waals surface area contributed by atoms with Gasteiger partial charge in [0.05, 0.1) is 12.2 Å². The van der Waals surface area contributed by atoms with Crippen LogP contribution in [0.15, 0.2) is 48.5 Å². The minimum Gasteiger partial charge on any atom is -0.289 e.